The van der Waals surface area contributed by atoms with Gasteiger partial charge in [-0.2, -0.15) is 0 Å². The summed E-state index contributed by atoms with van der Waals surface area (Å²) in [5.41, 5.74) is 0.740. The molecule has 1 aliphatic rings. The average Bonchev–Trinajstić information content (AvgIpc) is 2.70. The first-order valence-corrected chi connectivity index (χ1v) is 5.35. The SMILES string of the molecule is CC1CCCCC1C(=O)c1ccoc1. The summed E-state index contributed by atoms with van der Waals surface area (Å²) in [6, 6.07) is 1.77. The quantitative estimate of drug-likeness (QED) is 0.673. The third-order valence-electron chi connectivity index (χ3n) is 3.25. The summed E-state index contributed by atoms with van der Waals surface area (Å²) >= 11 is 0. The molecule has 2 atom stereocenters. The fraction of sp³-hybridized carbons (Fsp3) is 0.583. The Morgan fingerprint density at radius 1 is 1.43 bits per heavy atom. The second-order valence-corrected chi connectivity index (χ2v) is 4.24. The van der Waals surface area contributed by atoms with E-state index in [9.17, 15) is 4.79 Å². The number of hydrogen-bond acceptors (Lipinski definition) is 2. The molecule has 0 aliphatic heterocycles. The highest BCUT2D eigenvalue weighted by molar-refractivity contribution is 5.97. The summed E-state index contributed by atoms with van der Waals surface area (Å²) in [6.07, 6.45) is 7.83. The summed E-state index contributed by atoms with van der Waals surface area (Å²) in [7, 11) is 0. The van der Waals surface area contributed by atoms with Crippen molar-refractivity contribution < 1.29 is 9.21 Å². The maximum absolute atomic E-state index is 12.0. The van der Waals surface area contributed by atoms with Crippen molar-refractivity contribution >= 4 is 5.78 Å². The lowest BCUT2D eigenvalue weighted by Crippen LogP contribution is -2.25. The van der Waals surface area contributed by atoms with E-state index >= 15 is 0 Å². The largest absolute Gasteiger partial charge is 0.472 e. The van der Waals surface area contributed by atoms with Crippen LogP contribution < -0.4 is 0 Å². The topological polar surface area (TPSA) is 30.2 Å². The van der Waals surface area contributed by atoms with Crippen molar-refractivity contribution in [2.24, 2.45) is 11.8 Å². The summed E-state index contributed by atoms with van der Waals surface area (Å²) in [5, 5.41) is 0. The van der Waals surface area contributed by atoms with Crippen molar-refractivity contribution in [2.45, 2.75) is 32.6 Å². The van der Waals surface area contributed by atoms with Crippen LogP contribution in [0.25, 0.3) is 0 Å². The van der Waals surface area contributed by atoms with E-state index in [2.05, 4.69) is 6.92 Å². The average molecular weight is 192 g/mol. The van der Waals surface area contributed by atoms with Crippen LogP contribution in [0.5, 0.6) is 0 Å². The van der Waals surface area contributed by atoms with Crippen LogP contribution in [-0.4, -0.2) is 5.78 Å². The minimum atomic E-state index is 0.223. The Hall–Kier alpha value is -1.05. The predicted molar refractivity (Wildman–Crippen MR) is 54.2 cm³/mol. The number of furan rings is 1. The molecule has 0 saturated heterocycles. The van der Waals surface area contributed by atoms with E-state index in [-0.39, 0.29) is 11.7 Å². The number of rotatable bonds is 2. The van der Waals surface area contributed by atoms with Gasteiger partial charge in [0.1, 0.15) is 6.26 Å². The van der Waals surface area contributed by atoms with Gasteiger partial charge in [0.15, 0.2) is 5.78 Å². The van der Waals surface area contributed by atoms with Crippen LogP contribution in [0, 0.1) is 11.8 Å². The smallest absolute Gasteiger partial charge is 0.169 e. The maximum Gasteiger partial charge on any atom is 0.169 e. The van der Waals surface area contributed by atoms with Gasteiger partial charge in [-0.25, -0.2) is 0 Å². The Labute approximate surface area is 84.3 Å². The van der Waals surface area contributed by atoms with Gasteiger partial charge in [0.25, 0.3) is 0 Å². The molecule has 1 aromatic heterocycles. The lowest BCUT2D eigenvalue weighted by Gasteiger charge is -2.26. The fourth-order valence-corrected chi connectivity index (χ4v) is 2.32. The molecule has 0 spiro atoms. The molecule has 2 rings (SSSR count). The molecular weight excluding hydrogens is 176 g/mol. The molecule has 2 nitrogen and oxygen atoms in total. The van der Waals surface area contributed by atoms with Gasteiger partial charge in [-0.15, -0.1) is 0 Å². The zero-order chi connectivity index (χ0) is 9.97. The molecule has 0 bridgehead atoms. The van der Waals surface area contributed by atoms with Gasteiger partial charge in [0.05, 0.1) is 11.8 Å². The summed E-state index contributed by atoms with van der Waals surface area (Å²) in [5.74, 6) is 1.03. The van der Waals surface area contributed by atoms with Crippen LogP contribution in [0.2, 0.25) is 0 Å². The summed E-state index contributed by atoms with van der Waals surface area (Å²) in [6.45, 7) is 2.18. The van der Waals surface area contributed by atoms with Crippen LogP contribution >= 0.6 is 0 Å². The van der Waals surface area contributed by atoms with E-state index < -0.39 is 0 Å². The molecular formula is C12H16O2. The lowest BCUT2D eigenvalue weighted by atomic mass is 9.77. The van der Waals surface area contributed by atoms with Gasteiger partial charge in [0, 0.05) is 5.92 Å². The second kappa shape index (κ2) is 3.99. The van der Waals surface area contributed by atoms with Gasteiger partial charge in [0.2, 0.25) is 0 Å². The molecule has 1 fully saturated rings. The van der Waals surface area contributed by atoms with Crippen LogP contribution in [0.3, 0.4) is 0 Å². The maximum atomic E-state index is 12.0. The molecule has 0 amide bonds. The van der Waals surface area contributed by atoms with Gasteiger partial charge in [-0.1, -0.05) is 26.2 Å². The molecule has 0 N–H and O–H groups in total. The van der Waals surface area contributed by atoms with Gasteiger partial charge in [-0.05, 0) is 18.4 Å². The molecule has 1 aliphatic carbocycles. The normalized spacial score (nSPS) is 27.5. The zero-order valence-corrected chi connectivity index (χ0v) is 8.53. The summed E-state index contributed by atoms with van der Waals surface area (Å²) in [4.78, 5) is 12.0. The first-order valence-electron chi connectivity index (χ1n) is 5.35. The highest BCUT2D eigenvalue weighted by Gasteiger charge is 2.28. The third-order valence-corrected chi connectivity index (χ3v) is 3.25. The monoisotopic (exact) mass is 192 g/mol. The third kappa shape index (κ3) is 1.74. The second-order valence-electron chi connectivity index (χ2n) is 4.24. The fourth-order valence-electron chi connectivity index (χ4n) is 2.32. The van der Waals surface area contributed by atoms with Gasteiger partial charge in [-0.3, -0.25) is 4.79 Å². The Morgan fingerprint density at radius 2 is 2.21 bits per heavy atom. The van der Waals surface area contributed by atoms with E-state index in [0.717, 1.165) is 12.0 Å². The number of hydrogen-bond donors (Lipinski definition) is 0. The minimum Gasteiger partial charge on any atom is -0.472 e. The van der Waals surface area contributed by atoms with E-state index in [4.69, 9.17) is 4.42 Å². The first-order chi connectivity index (χ1) is 6.79. The Kier molecular flexibility index (Phi) is 2.71. The van der Waals surface area contributed by atoms with E-state index in [1.807, 2.05) is 0 Å². The molecule has 2 heteroatoms. The highest BCUT2D eigenvalue weighted by Crippen LogP contribution is 2.32. The Morgan fingerprint density at radius 3 is 2.86 bits per heavy atom. The van der Waals surface area contributed by atoms with Crippen molar-refractivity contribution in [1.29, 1.82) is 0 Å². The van der Waals surface area contributed by atoms with Gasteiger partial charge < -0.3 is 4.42 Å². The minimum absolute atomic E-state index is 0.223. The molecule has 76 valence electrons. The van der Waals surface area contributed by atoms with Crippen molar-refractivity contribution in [2.75, 3.05) is 0 Å². The van der Waals surface area contributed by atoms with Crippen molar-refractivity contribution in [3.05, 3.63) is 24.2 Å². The molecule has 2 unspecified atom stereocenters. The van der Waals surface area contributed by atoms with Crippen LogP contribution in [0.4, 0.5) is 0 Å². The molecule has 1 saturated carbocycles. The number of ketones is 1. The molecule has 1 aromatic rings. The van der Waals surface area contributed by atoms with Gasteiger partial charge >= 0.3 is 0 Å². The zero-order valence-electron chi connectivity index (χ0n) is 8.53. The molecule has 0 aromatic carbocycles. The Bertz CT molecular complexity index is 300. The van der Waals surface area contributed by atoms with Crippen molar-refractivity contribution in [3.63, 3.8) is 0 Å². The van der Waals surface area contributed by atoms with Crippen LogP contribution in [0.1, 0.15) is 43.0 Å². The van der Waals surface area contributed by atoms with Crippen molar-refractivity contribution in [3.8, 4) is 0 Å². The van der Waals surface area contributed by atoms with E-state index in [1.165, 1.54) is 19.3 Å². The van der Waals surface area contributed by atoms with Crippen molar-refractivity contribution in [1.82, 2.24) is 0 Å². The standard InChI is InChI=1S/C12H16O2/c1-9-4-2-3-5-11(9)12(13)10-6-7-14-8-10/h6-9,11H,2-5H2,1H3. The lowest BCUT2D eigenvalue weighted by molar-refractivity contribution is 0.0836. The highest BCUT2D eigenvalue weighted by atomic mass is 16.3. The predicted octanol–water partition coefficient (Wildman–Crippen LogP) is 3.29. The van der Waals surface area contributed by atoms with Crippen LogP contribution in [-0.2, 0) is 0 Å². The first kappa shape index (κ1) is 9.50. The molecule has 0 radical (unpaired) electrons. The van der Waals surface area contributed by atoms with E-state index in [0.29, 0.717) is 5.92 Å². The number of carbonyl (C=O) groups is 1. The van der Waals surface area contributed by atoms with Crippen LogP contribution in [0.15, 0.2) is 23.0 Å². The summed E-state index contributed by atoms with van der Waals surface area (Å²) < 4.78 is 4.94. The van der Waals surface area contributed by atoms with E-state index in [1.54, 1.807) is 18.6 Å². The number of carbonyl (C=O) groups excluding carboxylic acids is 1. The molecule has 1 heterocycles. The molecule has 14 heavy (non-hydrogen) atoms. The number of Topliss-reactive ketones (excluding diaryl/α,β-unsaturated/α-hetero) is 1. The Balaban J connectivity index is 2.10.